The number of aryl methyl sites for hydroxylation is 1. The van der Waals surface area contributed by atoms with Crippen LogP contribution in [0, 0.1) is 0 Å². The van der Waals surface area contributed by atoms with E-state index in [4.69, 9.17) is 4.42 Å². The smallest absolute Gasteiger partial charge is 0.226 e. The molecule has 1 heterocycles. The van der Waals surface area contributed by atoms with E-state index in [2.05, 4.69) is 20.6 Å². The minimum atomic E-state index is 0. The lowest BCUT2D eigenvalue weighted by Crippen LogP contribution is -2.37. The van der Waals surface area contributed by atoms with Gasteiger partial charge in [-0.1, -0.05) is 30.3 Å². The van der Waals surface area contributed by atoms with Crippen molar-refractivity contribution in [2.45, 2.75) is 19.4 Å². The maximum absolute atomic E-state index is 9.30. The summed E-state index contributed by atoms with van der Waals surface area (Å²) in [6.45, 7) is 1.34. The van der Waals surface area contributed by atoms with Gasteiger partial charge in [0.1, 0.15) is 12.0 Å². The number of hydrogen-bond acceptors (Lipinski definition) is 4. The number of aliphatic imine (C=N–C) groups is 1. The Morgan fingerprint density at radius 3 is 2.54 bits per heavy atom. The molecule has 3 aromatic rings. The van der Waals surface area contributed by atoms with Gasteiger partial charge in [-0.15, -0.1) is 24.0 Å². The zero-order chi connectivity index (χ0) is 18.9. The third-order valence-electron chi connectivity index (χ3n) is 4.10. The summed E-state index contributed by atoms with van der Waals surface area (Å²) >= 11 is 0. The number of aromatic hydroxyl groups is 1. The number of rotatable bonds is 7. The van der Waals surface area contributed by atoms with Crippen molar-refractivity contribution < 1.29 is 9.52 Å². The Bertz CT molecular complexity index is 864. The van der Waals surface area contributed by atoms with Crippen molar-refractivity contribution >= 4 is 29.9 Å². The zero-order valence-corrected chi connectivity index (χ0v) is 18.1. The summed E-state index contributed by atoms with van der Waals surface area (Å²) in [5.41, 5.74) is 2.98. The van der Waals surface area contributed by atoms with Crippen LogP contribution < -0.4 is 10.6 Å². The van der Waals surface area contributed by atoms with Crippen molar-refractivity contribution in [3.05, 3.63) is 72.1 Å². The maximum atomic E-state index is 9.30. The lowest BCUT2D eigenvalue weighted by molar-refractivity contribution is 0.475. The summed E-state index contributed by atoms with van der Waals surface area (Å²) in [5.74, 6) is 1.64. The third kappa shape index (κ3) is 6.56. The highest BCUT2D eigenvalue weighted by Crippen LogP contribution is 2.17. The van der Waals surface area contributed by atoms with E-state index in [-0.39, 0.29) is 24.0 Å². The summed E-state index contributed by atoms with van der Waals surface area (Å²) in [5, 5.41) is 15.8. The van der Waals surface area contributed by atoms with Gasteiger partial charge < -0.3 is 20.2 Å². The minimum Gasteiger partial charge on any atom is -0.508 e. The standard InChI is InChI=1S/C21H24N4O2.HI/c1-22-21(23-13-5-6-16-9-11-19(26)12-10-16)24-14-18-15-27-20(25-18)17-7-3-2-4-8-17;/h2-4,7-12,15,26H,5-6,13-14H2,1H3,(H2,22,23,24);1H. The zero-order valence-electron chi connectivity index (χ0n) is 15.8. The fourth-order valence-corrected chi connectivity index (χ4v) is 2.66. The predicted molar refractivity (Wildman–Crippen MR) is 122 cm³/mol. The number of oxazole rings is 1. The number of halogens is 1. The van der Waals surface area contributed by atoms with Crippen LogP contribution in [0.25, 0.3) is 11.5 Å². The first kappa shape index (κ1) is 21.7. The number of nitrogens with one attached hydrogen (secondary N) is 2. The van der Waals surface area contributed by atoms with E-state index in [1.807, 2.05) is 42.5 Å². The van der Waals surface area contributed by atoms with E-state index in [9.17, 15) is 5.11 Å². The molecular weight excluding hydrogens is 467 g/mol. The third-order valence-corrected chi connectivity index (χ3v) is 4.10. The van der Waals surface area contributed by atoms with Gasteiger partial charge in [0.25, 0.3) is 0 Å². The first-order chi connectivity index (χ1) is 13.2. The second kappa shape index (κ2) is 11.3. The van der Waals surface area contributed by atoms with Crippen molar-refractivity contribution in [3.8, 4) is 17.2 Å². The molecule has 0 saturated heterocycles. The van der Waals surface area contributed by atoms with Gasteiger partial charge >= 0.3 is 0 Å². The Balaban J connectivity index is 0.00000280. The van der Waals surface area contributed by atoms with Gasteiger partial charge in [-0.25, -0.2) is 4.98 Å². The maximum Gasteiger partial charge on any atom is 0.226 e. The fraction of sp³-hybridized carbons (Fsp3) is 0.238. The number of guanidine groups is 1. The number of aromatic nitrogens is 1. The summed E-state index contributed by atoms with van der Waals surface area (Å²) in [6, 6.07) is 17.1. The first-order valence-electron chi connectivity index (χ1n) is 8.97. The van der Waals surface area contributed by atoms with Gasteiger partial charge in [-0.05, 0) is 42.7 Å². The fourth-order valence-electron chi connectivity index (χ4n) is 2.66. The lowest BCUT2D eigenvalue weighted by atomic mass is 10.1. The molecule has 1 aromatic heterocycles. The van der Waals surface area contributed by atoms with Gasteiger partial charge in [-0.3, -0.25) is 4.99 Å². The molecule has 0 radical (unpaired) electrons. The predicted octanol–water partition coefficient (Wildman–Crippen LogP) is 3.96. The normalized spacial score (nSPS) is 11.0. The van der Waals surface area contributed by atoms with Crippen LogP contribution in [-0.2, 0) is 13.0 Å². The molecule has 0 atom stereocenters. The SMILES string of the molecule is CN=C(NCCCc1ccc(O)cc1)NCc1coc(-c2ccccc2)n1.I. The van der Waals surface area contributed by atoms with Gasteiger partial charge in [0, 0.05) is 19.2 Å². The summed E-state index contributed by atoms with van der Waals surface area (Å²) in [6.07, 6.45) is 3.56. The van der Waals surface area contributed by atoms with Crippen LogP contribution >= 0.6 is 24.0 Å². The van der Waals surface area contributed by atoms with Crippen LogP contribution in [0.3, 0.4) is 0 Å². The average molecular weight is 492 g/mol. The number of hydrogen-bond donors (Lipinski definition) is 3. The summed E-state index contributed by atoms with van der Waals surface area (Å²) in [7, 11) is 1.74. The molecule has 148 valence electrons. The molecule has 3 N–H and O–H groups in total. The molecule has 0 saturated carbocycles. The topological polar surface area (TPSA) is 82.7 Å². The molecule has 3 rings (SSSR count). The van der Waals surface area contributed by atoms with Gasteiger partial charge in [-0.2, -0.15) is 0 Å². The number of nitrogens with zero attached hydrogens (tertiary/aromatic N) is 2. The van der Waals surface area contributed by atoms with E-state index in [0.29, 0.717) is 18.2 Å². The van der Waals surface area contributed by atoms with Gasteiger partial charge in [0.15, 0.2) is 5.96 Å². The molecule has 0 aliphatic heterocycles. The molecule has 0 bridgehead atoms. The molecule has 28 heavy (non-hydrogen) atoms. The van der Waals surface area contributed by atoms with Crippen molar-refractivity contribution in [1.82, 2.24) is 15.6 Å². The Hall–Kier alpha value is -2.55. The minimum absolute atomic E-state index is 0. The van der Waals surface area contributed by atoms with Gasteiger partial charge in [0.2, 0.25) is 5.89 Å². The van der Waals surface area contributed by atoms with E-state index in [1.165, 1.54) is 5.56 Å². The molecule has 6 nitrogen and oxygen atoms in total. The Labute approximate surface area is 182 Å². The van der Waals surface area contributed by atoms with Crippen LogP contribution in [0.5, 0.6) is 5.75 Å². The van der Waals surface area contributed by atoms with Crippen LogP contribution in [0.2, 0.25) is 0 Å². The Kier molecular flexibility index (Phi) is 8.80. The second-order valence-electron chi connectivity index (χ2n) is 6.13. The van der Waals surface area contributed by atoms with Crippen LogP contribution in [0.15, 0.2) is 70.3 Å². The largest absolute Gasteiger partial charge is 0.508 e. The van der Waals surface area contributed by atoms with Gasteiger partial charge in [0.05, 0.1) is 12.2 Å². The second-order valence-corrected chi connectivity index (χ2v) is 6.13. The molecule has 0 amide bonds. The van der Waals surface area contributed by atoms with Crippen LogP contribution in [0.1, 0.15) is 17.7 Å². The van der Waals surface area contributed by atoms with E-state index in [0.717, 1.165) is 36.6 Å². The highest BCUT2D eigenvalue weighted by Gasteiger charge is 2.07. The molecule has 0 spiro atoms. The highest BCUT2D eigenvalue weighted by atomic mass is 127. The van der Waals surface area contributed by atoms with Crippen molar-refractivity contribution in [2.24, 2.45) is 4.99 Å². The monoisotopic (exact) mass is 492 g/mol. The highest BCUT2D eigenvalue weighted by molar-refractivity contribution is 14.0. The Morgan fingerprint density at radius 2 is 1.82 bits per heavy atom. The van der Waals surface area contributed by atoms with E-state index in [1.54, 1.807) is 25.4 Å². The van der Waals surface area contributed by atoms with Crippen LogP contribution in [-0.4, -0.2) is 29.6 Å². The number of phenols is 1. The lowest BCUT2D eigenvalue weighted by Gasteiger charge is -2.10. The molecule has 7 heteroatoms. The molecule has 2 aromatic carbocycles. The summed E-state index contributed by atoms with van der Waals surface area (Å²) < 4.78 is 5.54. The molecule has 0 aliphatic rings. The van der Waals surface area contributed by atoms with Crippen LogP contribution in [0.4, 0.5) is 0 Å². The molecular formula is C21H25IN4O2. The average Bonchev–Trinajstić information content (AvgIpc) is 3.18. The molecule has 0 aliphatic carbocycles. The van der Waals surface area contributed by atoms with Crippen molar-refractivity contribution in [2.75, 3.05) is 13.6 Å². The quantitative estimate of drug-likeness (QED) is 0.201. The summed E-state index contributed by atoms with van der Waals surface area (Å²) in [4.78, 5) is 8.72. The molecule has 0 fully saturated rings. The van der Waals surface area contributed by atoms with E-state index < -0.39 is 0 Å². The number of benzene rings is 2. The van der Waals surface area contributed by atoms with Crippen molar-refractivity contribution in [1.29, 1.82) is 0 Å². The Morgan fingerprint density at radius 1 is 1.07 bits per heavy atom. The number of phenolic OH excluding ortho intramolecular Hbond substituents is 1. The molecule has 0 unspecified atom stereocenters. The van der Waals surface area contributed by atoms with Crippen molar-refractivity contribution in [3.63, 3.8) is 0 Å². The van der Waals surface area contributed by atoms with E-state index >= 15 is 0 Å². The first-order valence-corrected chi connectivity index (χ1v) is 8.97.